The second-order valence-corrected chi connectivity index (χ2v) is 4.66. The van der Waals surface area contributed by atoms with E-state index in [-0.39, 0.29) is 0 Å². The molecular weight excluding hydrogens is 186 g/mol. The molecule has 2 unspecified atom stereocenters. The molecule has 84 valence electrons. The summed E-state index contributed by atoms with van der Waals surface area (Å²) in [6.07, 6.45) is 9.39. The minimum Gasteiger partial charge on any atom is -0.314 e. The Morgan fingerprint density at radius 1 is 1.53 bits per heavy atom. The zero-order chi connectivity index (χ0) is 10.7. The van der Waals surface area contributed by atoms with Gasteiger partial charge in [0.15, 0.2) is 0 Å². The van der Waals surface area contributed by atoms with Crippen LogP contribution in [0.15, 0.2) is 12.4 Å². The maximum Gasteiger partial charge on any atom is 0.0521 e. The highest BCUT2D eigenvalue weighted by Crippen LogP contribution is 2.28. The second-order valence-electron chi connectivity index (χ2n) is 4.66. The van der Waals surface area contributed by atoms with Gasteiger partial charge in [0.25, 0.3) is 0 Å². The number of rotatable bonds is 4. The molecule has 15 heavy (non-hydrogen) atoms. The molecule has 0 spiro atoms. The summed E-state index contributed by atoms with van der Waals surface area (Å²) in [6.45, 7) is 3.29. The molecule has 1 aromatic rings. The lowest BCUT2D eigenvalue weighted by atomic mass is 10.00. The fourth-order valence-corrected chi connectivity index (χ4v) is 2.65. The van der Waals surface area contributed by atoms with Crippen molar-refractivity contribution in [3.8, 4) is 0 Å². The van der Waals surface area contributed by atoms with Crippen molar-refractivity contribution >= 4 is 0 Å². The molecule has 0 radical (unpaired) electrons. The molecular formula is C12H21N3. The van der Waals surface area contributed by atoms with Gasteiger partial charge in [-0.2, -0.15) is 5.10 Å². The molecule has 2 atom stereocenters. The molecule has 0 aliphatic heterocycles. The number of hydrogen-bond donors (Lipinski definition) is 1. The highest BCUT2D eigenvalue weighted by atomic mass is 15.2. The number of aryl methyl sites for hydroxylation is 1. The van der Waals surface area contributed by atoms with Gasteiger partial charge in [0.1, 0.15) is 0 Å². The Morgan fingerprint density at radius 2 is 2.40 bits per heavy atom. The third-order valence-electron chi connectivity index (χ3n) is 3.32. The van der Waals surface area contributed by atoms with Crippen molar-refractivity contribution in [2.45, 2.75) is 38.6 Å². The largest absolute Gasteiger partial charge is 0.314 e. The number of hydrogen-bond acceptors (Lipinski definition) is 2. The van der Waals surface area contributed by atoms with Crippen molar-refractivity contribution in [1.29, 1.82) is 0 Å². The first-order chi connectivity index (χ1) is 7.28. The van der Waals surface area contributed by atoms with Gasteiger partial charge in [0.2, 0.25) is 0 Å². The van der Waals surface area contributed by atoms with E-state index in [1.165, 1.54) is 31.2 Å². The number of aromatic nitrogens is 2. The SMILES string of the molecule is CCNC1CCC(Cc2cnn(C)c2)C1. The molecule has 1 N–H and O–H groups in total. The van der Waals surface area contributed by atoms with Gasteiger partial charge in [-0.15, -0.1) is 0 Å². The van der Waals surface area contributed by atoms with Crippen molar-refractivity contribution in [3.05, 3.63) is 18.0 Å². The van der Waals surface area contributed by atoms with Gasteiger partial charge in [-0.05, 0) is 43.7 Å². The lowest BCUT2D eigenvalue weighted by Gasteiger charge is -2.10. The van der Waals surface area contributed by atoms with E-state index in [1.54, 1.807) is 0 Å². The van der Waals surface area contributed by atoms with Crippen LogP contribution in [0.3, 0.4) is 0 Å². The van der Waals surface area contributed by atoms with E-state index in [0.717, 1.165) is 18.5 Å². The molecule has 3 nitrogen and oxygen atoms in total. The van der Waals surface area contributed by atoms with E-state index in [4.69, 9.17) is 0 Å². The molecule has 0 aromatic carbocycles. The zero-order valence-electron chi connectivity index (χ0n) is 9.74. The van der Waals surface area contributed by atoms with Crippen LogP contribution in [0.25, 0.3) is 0 Å². The van der Waals surface area contributed by atoms with Gasteiger partial charge in [-0.25, -0.2) is 0 Å². The Morgan fingerprint density at radius 3 is 3.07 bits per heavy atom. The Labute approximate surface area is 91.9 Å². The minimum absolute atomic E-state index is 0.761. The zero-order valence-corrected chi connectivity index (χ0v) is 9.74. The molecule has 2 rings (SSSR count). The summed E-state index contributed by atoms with van der Waals surface area (Å²) < 4.78 is 1.89. The van der Waals surface area contributed by atoms with E-state index >= 15 is 0 Å². The van der Waals surface area contributed by atoms with Gasteiger partial charge in [0, 0.05) is 19.3 Å². The van der Waals surface area contributed by atoms with Crippen LogP contribution < -0.4 is 5.32 Å². The summed E-state index contributed by atoms with van der Waals surface area (Å²) in [5, 5.41) is 7.76. The fraction of sp³-hybridized carbons (Fsp3) is 0.750. The Balaban J connectivity index is 1.82. The maximum atomic E-state index is 4.22. The lowest BCUT2D eigenvalue weighted by Crippen LogP contribution is -2.25. The molecule has 1 fully saturated rings. The highest BCUT2D eigenvalue weighted by Gasteiger charge is 2.24. The van der Waals surface area contributed by atoms with Crippen LogP contribution in [0.1, 0.15) is 31.7 Å². The van der Waals surface area contributed by atoms with Gasteiger partial charge in [-0.3, -0.25) is 4.68 Å². The molecule has 0 saturated heterocycles. The van der Waals surface area contributed by atoms with Crippen LogP contribution in [-0.2, 0) is 13.5 Å². The standard InChI is InChI=1S/C12H21N3/c1-3-13-12-5-4-10(7-12)6-11-8-14-15(2)9-11/h8-10,12-13H,3-7H2,1-2H3. The van der Waals surface area contributed by atoms with E-state index in [2.05, 4.69) is 23.5 Å². The van der Waals surface area contributed by atoms with Crippen LogP contribution in [0, 0.1) is 5.92 Å². The van der Waals surface area contributed by atoms with Crippen molar-refractivity contribution in [3.63, 3.8) is 0 Å². The van der Waals surface area contributed by atoms with Crippen molar-refractivity contribution in [2.75, 3.05) is 6.54 Å². The first kappa shape index (κ1) is 10.7. The van der Waals surface area contributed by atoms with Crippen LogP contribution in [-0.4, -0.2) is 22.4 Å². The fourth-order valence-electron chi connectivity index (χ4n) is 2.65. The van der Waals surface area contributed by atoms with Gasteiger partial charge in [0.05, 0.1) is 6.20 Å². The summed E-state index contributed by atoms with van der Waals surface area (Å²) >= 11 is 0. The monoisotopic (exact) mass is 207 g/mol. The van der Waals surface area contributed by atoms with Crippen LogP contribution in [0.4, 0.5) is 0 Å². The molecule has 1 aliphatic rings. The van der Waals surface area contributed by atoms with Crippen molar-refractivity contribution in [2.24, 2.45) is 13.0 Å². The first-order valence-corrected chi connectivity index (χ1v) is 5.99. The summed E-state index contributed by atoms with van der Waals surface area (Å²) in [6, 6.07) is 0.761. The van der Waals surface area contributed by atoms with E-state index in [9.17, 15) is 0 Å². The normalized spacial score (nSPS) is 26.0. The predicted octanol–water partition coefficient (Wildman–Crippen LogP) is 1.74. The molecule has 1 aromatic heterocycles. The average Bonchev–Trinajstić information content (AvgIpc) is 2.78. The van der Waals surface area contributed by atoms with Gasteiger partial charge < -0.3 is 5.32 Å². The van der Waals surface area contributed by atoms with Gasteiger partial charge >= 0.3 is 0 Å². The third-order valence-corrected chi connectivity index (χ3v) is 3.32. The molecule has 0 amide bonds. The average molecular weight is 207 g/mol. The third kappa shape index (κ3) is 2.81. The summed E-state index contributed by atoms with van der Waals surface area (Å²) in [7, 11) is 1.99. The second kappa shape index (κ2) is 4.79. The lowest BCUT2D eigenvalue weighted by molar-refractivity contribution is 0.493. The summed E-state index contributed by atoms with van der Waals surface area (Å²) in [5.74, 6) is 0.859. The van der Waals surface area contributed by atoms with Crippen LogP contribution in [0.2, 0.25) is 0 Å². The van der Waals surface area contributed by atoms with E-state index in [0.29, 0.717) is 0 Å². The minimum atomic E-state index is 0.761. The maximum absolute atomic E-state index is 4.22. The molecule has 1 saturated carbocycles. The predicted molar refractivity (Wildman–Crippen MR) is 61.7 cm³/mol. The molecule has 3 heteroatoms. The van der Waals surface area contributed by atoms with Crippen molar-refractivity contribution in [1.82, 2.24) is 15.1 Å². The Hall–Kier alpha value is -0.830. The Kier molecular flexibility index (Phi) is 3.41. The van der Waals surface area contributed by atoms with E-state index in [1.807, 2.05) is 17.9 Å². The molecule has 1 aliphatic carbocycles. The first-order valence-electron chi connectivity index (χ1n) is 5.99. The van der Waals surface area contributed by atoms with Crippen molar-refractivity contribution < 1.29 is 0 Å². The van der Waals surface area contributed by atoms with E-state index < -0.39 is 0 Å². The molecule has 0 bridgehead atoms. The molecule has 1 heterocycles. The quantitative estimate of drug-likeness (QED) is 0.815. The summed E-state index contributed by atoms with van der Waals surface area (Å²) in [5.41, 5.74) is 1.39. The van der Waals surface area contributed by atoms with Crippen LogP contribution in [0.5, 0.6) is 0 Å². The highest BCUT2D eigenvalue weighted by molar-refractivity contribution is 5.05. The summed E-state index contributed by atoms with van der Waals surface area (Å²) in [4.78, 5) is 0. The number of nitrogens with one attached hydrogen (secondary N) is 1. The Bertz CT molecular complexity index is 306. The topological polar surface area (TPSA) is 29.9 Å². The van der Waals surface area contributed by atoms with Crippen LogP contribution >= 0.6 is 0 Å². The van der Waals surface area contributed by atoms with Gasteiger partial charge in [-0.1, -0.05) is 6.92 Å². The number of nitrogens with zero attached hydrogens (tertiary/aromatic N) is 2. The smallest absolute Gasteiger partial charge is 0.0521 e.